The van der Waals surface area contributed by atoms with E-state index in [2.05, 4.69) is 30.6 Å². The standard InChI is InChI=1S/C28H28F3N7O4S/c1-15(39)34-25-37-23-19(6-5-7-20(23)43-25)41-22-12-18(32-14-33-22)17-8-9-21(28(29,30)31)36-24(17)35-16-10-11-38(13-16)26(40)42-27(2,3)4/h5-9,12,14,16H,10-11,13H2,1-4H3,(H,35,36)(H,34,37,39). The Labute approximate surface area is 248 Å². The van der Waals surface area contributed by atoms with Crippen LogP contribution >= 0.6 is 11.3 Å². The highest BCUT2D eigenvalue weighted by molar-refractivity contribution is 7.22. The van der Waals surface area contributed by atoms with Crippen molar-refractivity contribution in [2.45, 2.75) is 51.9 Å². The number of fused-ring (bicyclic) bond motifs is 1. The number of halogens is 3. The van der Waals surface area contributed by atoms with Crippen LogP contribution in [0.4, 0.5) is 28.9 Å². The largest absolute Gasteiger partial charge is 0.444 e. The number of pyridine rings is 1. The third-order valence-corrected chi connectivity index (χ3v) is 7.10. The Balaban J connectivity index is 1.42. The van der Waals surface area contributed by atoms with E-state index in [0.717, 1.165) is 10.8 Å². The second-order valence-electron chi connectivity index (χ2n) is 10.8. The molecule has 1 aliphatic heterocycles. The first-order valence-corrected chi connectivity index (χ1v) is 14.1. The number of hydrogen-bond acceptors (Lipinski definition) is 10. The minimum Gasteiger partial charge on any atom is -0.444 e. The van der Waals surface area contributed by atoms with Crippen molar-refractivity contribution >= 4 is 44.5 Å². The molecule has 1 saturated heterocycles. The monoisotopic (exact) mass is 615 g/mol. The molecule has 226 valence electrons. The van der Waals surface area contributed by atoms with Gasteiger partial charge in [-0.1, -0.05) is 17.4 Å². The Bertz CT molecular complexity index is 1670. The molecular formula is C28H28F3N7O4S. The molecule has 43 heavy (non-hydrogen) atoms. The number of benzene rings is 1. The van der Waals surface area contributed by atoms with E-state index in [1.165, 1.54) is 41.6 Å². The van der Waals surface area contributed by atoms with E-state index >= 15 is 0 Å². The Morgan fingerprint density at radius 3 is 2.60 bits per heavy atom. The van der Waals surface area contributed by atoms with Gasteiger partial charge in [-0.05, 0) is 51.5 Å². The highest BCUT2D eigenvalue weighted by atomic mass is 32.1. The minimum atomic E-state index is -4.67. The summed E-state index contributed by atoms with van der Waals surface area (Å²) in [6, 6.07) is 8.55. The van der Waals surface area contributed by atoms with Gasteiger partial charge in [-0.25, -0.2) is 24.7 Å². The zero-order valence-corrected chi connectivity index (χ0v) is 24.5. The second kappa shape index (κ2) is 11.6. The van der Waals surface area contributed by atoms with Crippen molar-refractivity contribution in [3.8, 4) is 22.9 Å². The minimum absolute atomic E-state index is 0.0444. The van der Waals surface area contributed by atoms with Gasteiger partial charge in [0.05, 0.1) is 10.4 Å². The molecule has 0 radical (unpaired) electrons. The van der Waals surface area contributed by atoms with Crippen LogP contribution in [0.1, 0.15) is 39.8 Å². The number of amides is 2. The van der Waals surface area contributed by atoms with Crippen LogP contribution in [-0.4, -0.2) is 61.6 Å². The first kappa shape index (κ1) is 29.9. The number of nitrogens with zero attached hydrogens (tertiary/aromatic N) is 5. The first-order chi connectivity index (χ1) is 20.2. The number of hydrogen-bond donors (Lipinski definition) is 2. The molecule has 2 amide bonds. The number of rotatable bonds is 6. The topological polar surface area (TPSA) is 131 Å². The highest BCUT2D eigenvalue weighted by Crippen LogP contribution is 2.37. The Morgan fingerprint density at radius 1 is 1.09 bits per heavy atom. The fraction of sp³-hybridized carbons (Fsp3) is 0.357. The zero-order chi connectivity index (χ0) is 30.9. The summed E-state index contributed by atoms with van der Waals surface area (Å²) in [7, 11) is 0. The maximum atomic E-state index is 13.6. The van der Waals surface area contributed by atoms with Crippen molar-refractivity contribution in [3.63, 3.8) is 0 Å². The lowest BCUT2D eigenvalue weighted by Crippen LogP contribution is -2.36. The molecular weight excluding hydrogens is 587 g/mol. The molecule has 5 rings (SSSR count). The molecule has 1 unspecified atom stereocenters. The molecule has 3 aromatic heterocycles. The zero-order valence-electron chi connectivity index (χ0n) is 23.7. The van der Waals surface area contributed by atoms with E-state index in [1.54, 1.807) is 32.9 Å². The van der Waals surface area contributed by atoms with Crippen molar-refractivity contribution in [1.29, 1.82) is 0 Å². The van der Waals surface area contributed by atoms with Gasteiger partial charge < -0.3 is 25.0 Å². The van der Waals surface area contributed by atoms with Gasteiger partial charge in [0.25, 0.3) is 0 Å². The fourth-order valence-electron chi connectivity index (χ4n) is 4.36. The van der Waals surface area contributed by atoms with Crippen LogP contribution in [0.2, 0.25) is 0 Å². The highest BCUT2D eigenvalue weighted by Gasteiger charge is 2.35. The van der Waals surface area contributed by atoms with E-state index in [9.17, 15) is 22.8 Å². The number of carbonyl (C=O) groups excluding carboxylic acids is 2. The number of alkyl halides is 3. The molecule has 4 aromatic rings. The third-order valence-electron chi connectivity index (χ3n) is 6.16. The van der Waals surface area contributed by atoms with Crippen molar-refractivity contribution < 1.29 is 32.2 Å². The number of aromatic nitrogens is 4. The lowest BCUT2D eigenvalue weighted by atomic mass is 10.1. The summed E-state index contributed by atoms with van der Waals surface area (Å²) in [5.74, 6) is 0.185. The van der Waals surface area contributed by atoms with E-state index in [4.69, 9.17) is 9.47 Å². The van der Waals surface area contributed by atoms with Crippen LogP contribution in [0.5, 0.6) is 11.6 Å². The SMILES string of the molecule is CC(=O)Nc1nc2c(Oc3cc(-c4ccc(C(F)(F)F)nc4NC4CCN(C(=O)OC(C)(C)C)C4)ncn3)cccc2s1. The number of ether oxygens (including phenoxy) is 2. The van der Waals surface area contributed by atoms with Gasteiger partial charge in [-0.2, -0.15) is 13.2 Å². The van der Waals surface area contributed by atoms with Gasteiger partial charge in [-0.3, -0.25) is 4.79 Å². The van der Waals surface area contributed by atoms with Gasteiger partial charge >= 0.3 is 12.3 Å². The lowest BCUT2D eigenvalue weighted by molar-refractivity contribution is -0.141. The molecule has 0 saturated carbocycles. The molecule has 0 spiro atoms. The summed E-state index contributed by atoms with van der Waals surface area (Å²) in [6.07, 6.45) is -3.45. The number of thiazole rings is 1. The predicted octanol–water partition coefficient (Wildman–Crippen LogP) is 6.34. The molecule has 1 atom stereocenters. The van der Waals surface area contributed by atoms with Gasteiger partial charge in [0.2, 0.25) is 11.8 Å². The Kier molecular flexibility index (Phi) is 8.10. The van der Waals surface area contributed by atoms with Gasteiger partial charge in [0, 0.05) is 37.7 Å². The summed E-state index contributed by atoms with van der Waals surface area (Å²) in [4.78, 5) is 42.2. The van der Waals surface area contributed by atoms with Gasteiger partial charge in [-0.15, -0.1) is 0 Å². The first-order valence-electron chi connectivity index (χ1n) is 13.3. The van der Waals surface area contributed by atoms with Crippen molar-refractivity contribution in [1.82, 2.24) is 24.8 Å². The smallest absolute Gasteiger partial charge is 0.433 e. The van der Waals surface area contributed by atoms with Crippen LogP contribution in [0.15, 0.2) is 42.7 Å². The summed E-state index contributed by atoms with van der Waals surface area (Å²) >= 11 is 1.28. The summed E-state index contributed by atoms with van der Waals surface area (Å²) < 4.78 is 53.0. The van der Waals surface area contributed by atoms with Crippen molar-refractivity contribution in [2.24, 2.45) is 0 Å². The molecule has 4 heterocycles. The van der Waals surface area contributed by atoms with Crippen LogP contribution in [0.3, 0.4) is 0 Å². The quantitative estimate of drug-likeness (QED) is 0.255. The summed E-state index contributed by atoms with van der Waals surface area (Å²) in [6.45, 7) is 7.26. The Hall–Kier alpha value is -4.53. The number of anilines is 2. The van der Waals surface area contributed by atoms with Crippen molar-refractivity contribution in [2.75, 3.05) is 23.7 Å². The van der Waals surface area contributed by atoms with E-state index in [1.807, 2.05) is 6.07 Å². The average molecular weight is 616 g/mol. The number of para-hydroxylation sites is 1. The molecule has 1 aromatic carbocycles. The average Bonchev–Trinajstić information content (AvgIpc) is 3.54. The molecule has 15 heteroatoms. The number of likely N-dealkylation sites (tertiary alicyclic amines) is 1. The van der Waals surface area contributed by atoms with E-state index in [-0.39, 0.29) is 41.4 Å². The molecule has 11 nitrogen and oxygen atoms in total. The van der Waals surface area contributed by atoms with Crippen LogP contribution in [0, 0.1) is 0 Å². The number of carbonyl (C=O) groups is 2. The third kappa shape index (κ3) is 7.28. The van der Waals surface area contributed by atoms with Gasteiger partial charge in [0.1, 0.15) is 29.0 Å². The lowest BCUT2D eigenvalue weighted by Gasteiger charge is -2.24. The summed E-state index contributed by atoms with van der Waals surface area (Å²) in [5.41, 5.74) is -0.692. The van der Waals surface area contributed by atoms with Crippen molar-refractivity contribution in [3.05, 3.63) is 48.4 Å². The van der Waals surface area contributed by atoms with Crippen LogP contribution in [0.25, 0.3) is 21.5 Å². The predicted molar refractivity (Wildman–Crippen MR) is 154 cm³/mol. The number of nitrogens with one attached hydrogen (secondary N) is 2. The van der Waals surface area contributed by atoms with E-state index in [0.29, 0.717) is 29.4 Å². The molecule has 2 N–H and O–H groups in total. The second-order valence-corrected chi connectivity index (χ2v) is 11.8. The maximum absolute atomic E-state index is 13.6. The molecule has 1 fully saturated rings. The maximum Gasteiger partial charge on any atom is 0.433 e. The normalized spacial score (nSPS) is 15.4. The molecule has 0 bridgehead atoms. The van der Waals surface area contributed by atoms with Crippen LogP contribution < -0.4 is 15.4 Å². The fourth-order valence-corrected chi connectivity index (χ4v) is 5.29. The Morgan fingerprint density at radius 2 is 1.88 bits per heavy atom. The summed E-state index contributed by atoms with van der Waals surface area (Å²) in [5, 5.41) is 6.13. The van der Waals surface area contributed by atoms with Gasteiger partial charge in [0.15, 0.2) is 10.9 Å². The molecule has 1 aliphatic rings. The van der Waals surface area contributed by atoms with Crippen LogP contribution in [-0.2, 0) is 15.7 Å². The van der Waals surface area contributed by atoms with E-state index < -0.39 is 23.6 Å². The molecule has 0 aliphatic carbocycles.